The molecule has 1 rings (SSSR count). The van der Waals surface area contributed by atoms with E-state index in [2.05, 4.69) is 21.6 Å². The highest BCUT2D eigenvalue weighted by Crippen LogP contribution is 2.14. The van der Waals surface area contributed by atoms with Crippen LogP contribution < -0.4 is 0 Å². The Hall–Kier alpha value is -1.57. The third kappa shape index (κ3) is 3.23. The first-order valence-corrected chi connectivity index (χ1v) is 4.90. The van der Waals surface area contributed by atoms with Crippen LogP contribution in [0.15, 0.2) is 12.3 Å². The molecule has 0 unspecified atom stereocenters. The number of hydrogen-bond donors (Lipinski definition) is 1. The molecule has 5 heteroatoms. The molecule has 84 valence electrons. The van der Waals surface area contributed by atoms with Crippen molar-refractivity contribution in [2.45, 2.75) is 6.42 Å². The van der Waals surface area contributed by atoms with Crippen molar-refractivity contribution in [2.75, 3.05) is 13.7 Å². The number of esters is 1. The molecule has 4 nitrogen and oxygen atoms in total. The van der Waals surface area contributed by atoms with Crippen LogP contribution in [-0.2, 0) is 4.74 Å². The first kappa shape index (κ1) is 12.5. The number of aliphatic hydroxyl groups is 1. The maximum atomic E-state index is 11.3. The van der Waals surface area contributed by atoms with E-state index in [9.17, 15) is 4.79 Å². The van der Waals surface area contributed by atoms with Crippen LogP contribution in [0.4, 0.5) is 0 Å². The average Bonchev–Trinajstić information content (AvgIpc) is 2.30. The number of pyridine rings is 1. The summed E-state index contributed by atoms with van der Waals surface area (Å²) in [6.45, 7) is -0.00211. The van der Waals surface area contributed by atoms with Crippen LogP contribution in [0.2, 0.25) is 5.15 Å². The summed E-state index contributed by atoms with van der Waals surface area (Å²) in [4.78, 5) is 15.1. The van der Waals surface area contributed by atoms with Crippen molar-refractivity contribution in [3.05, 3.63) is 28.5 Å². The largest absolute Gasteiger partial charge is 0.465 e. The molecule has 1 N–H and O–H groups in total. The van der Waals surface area contributed by atoms with Crippen molar-refractivity contribution in [1.29, 1.82) is 0 Å². The van der Waals surface area contributed by atoms with Crippen LogP contribution >= 0.6 is 11.6 Å². The third-order valence-electron chi connectivity index (χ3n) is 1.71. The molecule has 0 saturated carbocycles. The second-order valence-corrected chi connectivity index (χ2v) is 3.19. The van der Waals surface area contributed by atoms with Gasteiger partial charge < -0.3 is 9.84 Å². The highest BCUT2D eigenvalue weighted by Gasteiger charge is 2.11. The molecule has 0 aliphatic carbocycles. The van der Waals surface area contributed by atoms with Crippen molar-refractivity contribution in [3.63, 3.8) is 0 Å². The lowest BCUT2D eigenvalue weighted by atomic mass is 10.2. The van der Waals surface area contributed by atoms with Gasteiger partial charge in [0.25, 0.3) is 0 Å². The van der Waals surface area contributed by atoms with Crippen LogP contribution in [0.25, 0.3) is 0 Å². The Bertz CT molecular complexity index is 448. The Kier molecular flexibility index (Phi) is 4.77. The van der Waals surface area contributed by atoms with Gasteiger partial charge in [-0.2, -0.15) is 0 Å². The van der Waals surface area contributed by atoms with Crippen molar-refractivity contribution >= 4 is 17.6 Å². The number of aromatic nitrogens is 1. The molecule has 0 spiro atoms. The van der Waals surface area contributed by atoms with E-state index in [1.54, 1.807) is 0 Å². The zero-order chi connectivity index (χ0) is 12.0. The van der Waals surface area contributed by atoms with E-state index in [-0.39, 0.29) is 17.3 Å². The van der Waals surface area contributed by atoms with E-state index in [0.29, 0.717) is 12.0 Å². The lowest BCUT2D eigenvalue weighted by molar-refractivity contribution is 0.0600. The molecule has 0 aromatic carbocycles. The van der Waals surface area contributed by atoms with Crippen molar-refractivity contribution < 1.29 is 14.6 Å². The van der Waals surface area contributed by atoms with Gasteiger partial charge in [-0.1, -0.05) is 23.4 Å². The Labute approximate surface area is 98.2 Å². The number of methoxy groups -OCH3 is 1. The second kappa shape index (κ2) is 6.11. The van der Waals surface area contributed by atoms with Gasteiger partial charge in [0.15, 0.2) is 0 Å². The van der Waals surface area contributed by atoms with Gasteiger partial charge in [0.05, 0.1) is 19.3 Å². The quantitative estimate of drug-likeness (QED) is 0.480. The standard InChI is InChI=1S/C11H10ClNO3/c1-16-11(15)9-6-8(4-2-3-5-14)7-13-10(9)12/h6-7,14H,3,5H2,1H3. The van der Waals surface area contributed by atoms with Crippen molar-refractivity contribution in [3.8, 4) is 11.8 Å². The fourth-order valence-electron chi connectivity index (χ4n) is 0.990. The molecule has 0 saturated heterocycles. The molecule has 1 heterocycles. The zero-order valence-corrected chi connectivity index (χ0v) is 9.41. The van der Waals surface area contributed by atoms with Crippen LogP contribution in [0, 0.1) is 11.8 Å². The Morgan fingerprint density at radius 1 is 1.69 bits per heavy atom. The van der Waals surface area contributed by atoms with Gasteiger partial charge in [-0.15, -0.1) is 0 Å². The number of hydrogen-bond acceptors (Lipinski definition) is 4. The first-order valence-electron chi connectivity index (χ1n) is 4.52. The van der Waals surface area contributed by atoms with Gasteiger partial charge in [-0.3, -0.25) is 0 Å². The summed E-state index contributed by atoms with van der Waals surface area (Å²) >= 11 is 5.73. The van der Waals surface area contributed by atoms with Gasteiger partial charge in [-0.25, -0.2) is 9.78 Å². The molecule has 16 heavy (non-hydrogen) atoms. The predicted octanol–water partition coefficient (Wildman–Crippen LogP) is 1.26. The highest BCUT2D eigenvalue weighted by atomic mass is 35.5. The molecule has 1 aromatic heterocycles. The minimum atomic E-state index is -0.552. The Morgan fingerprint density at radius 3 is 3.06 bits per heavy atom. The Balaban J connectivity index is 2.99. The van der Waals surface area contributed by atoms with E-state index in [4.69, 9.17) is 16.7 Å². The summed E-state index contributed by atoms with van der Waals surface area (Å²) in [6, 6.07) is 1.51. The summed E-state index contributed by atoms with van der Waals surface area (Å²) in [7, 11) is 1.27. The first-order chi connectivity index (χ1) is 7.69. The van der Waals surface area contributed by atoms with Gasteiger partial charge in [0, 0.05) is 18.2 Å². The summed E-state index contributed by atoms with van der Waals surface area (Å²) < 4.78 is 4.55. The van der Waals surface area contributed by atoms with Gasteiger partial charge in [-0.05, 0) is 6.07 Å². The van der Waals surface area contributed by atoms with E-state index < -0.39 is 5.97 Å². The number of aliphatic hydroxyl groups excluding tert-OH is 1. The van der Waals surface area contributed by atoms with Crippen molar-refractivity contribution in [2.24, 2.45) is 0 Å². The van der Waals surface area contributed by atoms with Crippen molar-refractivity contribution in [1.82, 2.24) is 4.98 Å². The van der Waals surface area contributed by atoms with Crippen LogP contribution in [0.5, 0.6) is 0 Å². The summed E-state index contributed by atoms with van der Waals surface area (Å²) in [5.74, 6) is 4.92. The predicted molar refractivity (Wildman–Crippen MR) is 59.2 cm³/mol. The number of rotatable bonds is 2. The fourth-order valence-corrected chi connectivity index (χ4v) is 1.17. The third-order valence-corrected chi connectivity index (χ3v) is 2.02. The number of carbonyl (C=O) groups is 1. The van der Waals surface area contributed by atoms with Gasteiger partial charge in [0.2, 0.25) is 0 Å². The molecule has 0 amide bonds. The summed E-state index contributed by atoms with van der Waals surface area (Å²) in [5.41, 5.74) is 0.734. The monoisotopic (exact) mass is 239 g/mol. The SMILES string of the molecule is COC(=O)c1cc(C#CCCO)cnc1Cl. The van der Waals surface area contributed by atoms with E-state index in [0.717, 1.165) is 0 Å². The lowest BCUT2D eigenvalue weighted by Gasteiger charge is -2.01. The second-order valence-electron chi connectivity index (χ2n) is 2.83. The molecule has 0 bridgehead atoms. The topological polar surface area (TPSA) is 59.4 Å². The van der Waals surface area contributed by atoms with E-state index >= 15 is 0 Å². The molecular weight excluding hydrogens is 230 g/mol. The fraction of sp³-hybridized carbons (Fsp3) is 0.273. The minimum Gasteiger partial charge on any atom is -0.465 e. The maximum absolute atomic E-state index is 11.3. The number of halogens is 1. The van der Waals surface area contributed by atoms with Gasteiger partial charge in [0.1, 0.15) is 5.15 Å². The summed E-state index contributed by atoms with van der Waals surface area (Å²) in [5, 5.41) is 8.64. The molecule has 0 aliphatic heterocycles. The molecule has 0 aliphatic rings. The molecular formula is C11H10ClNO3. The lowest BCUT2D eigenvalue weighted by Crippen LogP contribution is -2.03. The number of nitrogens with zero attached hydrogens (tertiary/aromatic N) is 1. The van der Waals surface area contributed by atoms with Crippen LogP contribution in [0.1, 0.15) is 22.3 Å². The highest BCUT2D eigenvalue weighted by molar-refractivity contribution is 6.32. The summed E-state index contributed by atoms with van der Waals surface area (Å²) in [6.07, 6.45) is 1.83. The maximum Gasteiger partial charge on any atom is 0.341 e. The Morgan fingerprint density at radius 2 is 2.44 bits per heavy atom. The molecule has 0 radical (unpaired) electrons. The van der Waals surface area contributed by atoms with Gasteiger partial charge >= 0.3 is 5.97 Å². The normalized spacial score (nSPS) is 9.19. The number of carbonyl (C=O) groups excluding carboxylic acids is 1. The zero-order valence-electron chi connectivity index (χ0n) is 8.66. The van der Waals surface area contributed by atoms with Crippen LogP contribution in [0.3, 0.4) is 0 Å². The number of ether oxygens (including phenoxy) is 1. The van der Waals surface area contributed by atoms with E-state index in [1.807, 2.05) is 0 Å². The molecule has 0 atom stereocenters. The van der Waals surface area contributed by atoms with Crippen LogP contribution in [-0.4, -0.2) is 29.8 Å². The minimum absolute atomic E-state index is 0.00211. The molecule has 0 fully saturated rings. The molecule has 1 aromatic rings. The average molecular weight is 240 g/mol. The van der Waals surface area contributed by atoms with E-state index in [1.165, 1.54) is 19.4 Å². The smallest absolute Gasteiger partial charge is 0.341 e.